The summed E-state index contributed by atoms with van der Waals surface area (Å²) in [6.07, 6.45) is 10.1. The van der Waals surface area contributed by atoms with E-state index in [4.69, 9.17) is 4.74 Å². The van der Waals surface area contributed by atoms with Crippen LogP contribution in [0.5, 0.6) is 0 Å². The van der Waals surface area contributed by atoms with Crippen molar-refractivity contribution >= 4 is 5.91 Å². The Morgan fingerprint density at radius 3 is 2.74 bits per heavy atom. The normalized spacial score (nSPS) is 28.9. The van der Waals surface area contributed by atoms with Crippen molar-refractivity contribution < 1.29 is 9.53 Å². The van der Waals surface area contributed by atoms with Crippen LogP contribution in [0.1, 0.15) is 57.8 Å². The zero-order valence-corrected chi connectivity index (χ0v) is 11.7. The zero-order chi connectivity index (χ0) is 13.1. The van der Waals surface area contributed by atoms with Crippen molar-refractivity contribution in [2.24, 2.45) is 0 Å². The van der Waals surface area contributed by atoms with Crippen LogP contribution in [0.4, 0.5) is 0 Å². The Kier molecular flexibility index (Phi) is 4.08. The number of carbonyl (C=O) groups excluding carboxylic acids is 1. The molecule has 1 atom stereocenters. The molecular formula is C15H26N2O2. The average molecular weight is 266 g/mol. The topological polar surface area (TPSA) is 50.4 Å². The van der Waals surface area contributed by atoms with E-state index >= 15 is 0 Å². The van der Waals surface area contributed by atoms with Crippen LogP contribution >= 0.6 is 0 Å². The molecule has 1 spiro atoms. The Morgan fingerprint density at radius 2 is 2.05 bits per heavy atom. The van der Waals surface area contributed by atoms with Crippen LogP contribution < -0.4 is 10.6 Å². The van der Waals surface area contributed by atoms with Gasteiger partial charge >= 0.3 is 0 Å². The molecule has 3 rings (SSSR count). The Hall–Kier alpha value is -0.610. The monoisotopic (exact) mass is 266 g/mol. The Bertz CT molecular complexity index is 324. The van der Waals surface area contributed by atoms with Crippen LogP contribution in [-0.2, 0) is 9.53 Å². The molecule has 1 heterocycles. The maximum absolute atomic E-state index is 11.5. The molecule has 0 bridgehead atoms. The number of amides is 1. The van der Waals surface area contributed by atoms with E-state index in [9.17, 15) is 4.79 Å². The Balaban J connectivity index is 1.28. The summed E-state index contributed by atoms with van der Waals surface area (Å²) >= 11 is 0. The highest BCUT2D eigenvalue weighted by molar-refractivity contribution is 5.76. The van der Waals surface area contributed by atoms with Gasteiger partial charge in [-0.15, -0.1) is 0 Å². The summed E-state index contributed by atoms with van der Waals surface area (Å²) in [5, 5.41) is 6.65. The second kappa shape index (κ2) is 5.80. The number of hydrogen-bond donors (Lipinski definition) is 2. The molecule has 1 saturated heterocycles. The molecule has 2 N–H and O–H groups in total. The van der Waals surface area contributed by atoms with Gasteiger partial charge in [-0.2, -0.15) is 0 Å². The first-order valence-corrected chi connectivity index (χ1v) is 7.93. The molecule has 3 aliphatic rings. The molecular weight excluding hydrogens is 240 g/mol. The number of carbonyl (C=O) groups is 1. The fraction of sp³-hybridized carbons (Fsp3) is 0.933. The third-order valence-electron chi connectivity index (χ3n) is 4.71. The standard InChI is InChI=1S/C15H26N2O2/c18-14(17-12-4-5-12)3-1-9-16-13-6-10-19-15(11-13)7-2-8-15/h12-13,16H,1-11H2,(H,17,18). The molecule has 1 aliphatic heterocycles. The number of ether oxygens (including phenoxy) is 1. The quantitative estimate of drug-likeness (QED) is 0.720. The lowest BCUT2D eigenvalue weighted by Gasteiger charge is -2.47. The summed E-state index contributed by atoms with van der Waals surface area (Å²) in [4.78, 5) is 11.5. The van der Waals surface area contributed by atoms with Gasteiger partial charge in [0.15, 0.2) is 0 Å². The molecule has 3 fully saturated rings. The highest BCUT2D eigenvalue weighted by Crippen LogP contribution is 2.42. The third-order valence-corrected chi connectivity index (χ3v) is 4.71. The molecule has 2 aliphatic carbocycles. The van der Waals surface area contributed by atoms with E-state index in [2.05, 4.69) is 10.6 Å². The van der Waals surface area contributed by atoms with Crippen molar-refractivity contribution in [2.45, 2.75) is 75.5 Å². The largest absolute Gasteiger partial charge is 0.375 e. The van der Waals surface area contributed by atoms with Gasteiger partial charge in [0.2, 0.25) is 5.91 Å². The van der Waals surface area contributed by atoms with Gasteiger partial charge in [-0.3, -0.25) is 4.79 Å². The molecule has 108 valence electrons. The highest BCUT2D eigenvalue weighted by Gasteiger charge is 2.42. The molecule has 1 amide bonds. The third kappa shape index (κ3) is 3.69. The average Bonchev–Trinajstić information content (AvgIpc) is 3.17. The SMILES string of the molecule is O=C(CCCNC1CCOC2(CCC2)C1)NC1CC1. The van der Waals surface area contributed by atoms with Gasteiger partial charge in [-0.1, -0.05) is 0 Å². The van der Waals surface area contributed by atoms with E-state index in [-0.39, 0.29) is 11.5 Å². The van der Waals surface area contributed by atoms with Crippen molar-refractivity contribution in [1.82, 2.24) is 10.6 Å². The molecule has 0 aromatic rings. The zero-order valence-electron chi connectivity index (χ0n) is 11.7. The number of rotatable bonds is 6. The summed E-state index contributed by atoms with van der Waals surface area (Å²) < 4.78 is 5.92. The van der Waals surface area contributed by atoms with E-state index in [1.807, 2.05) is 0 Å². The lowest BCUT2D eigenvalue weighted by molar-refractivity contribution is -0.135. The molecule has 4 heteroatoms. The fourth-order valence-electron chi connectivity index (χ4n) is 3.20. The van der Waals surface area contributed by atoms with Crippen molar-refractivity contribution in [1.29, 1.82) is 0 Å². The second-order valence-electron chi connectivity index (χ2n) is 6.47. The van der Waals surface area contributed by atoms with Gasteiger partial charge < -0.3 is 15.4 Å². The van der Waals surface area contributed by atoms with E-state index in [1.54, 1.807) is 0 Å². The second-order valence-corrected chi connectivity index (χ2v) is 6.47. The molecule has 0 aromatic carbocycles. The van der Waals surface area contributed by atoms with Gasteiger partial charge in [0.05, 0.1) is 5.60 Å². The molecule has 0 aromatic heterocycles. The fourth-order valence-corrected chi connectivity index (χ4v) is 3.20. The van der Waals surface area contributed by atoms with E-state index in [0.717, 1.165) is 26.0 Å². The van der Waals surface area contributed by atoms with Gasteiger partial charge in [-0.05, 0) is 57.9 Å². The Morgan fingerprint density at radius 1 is 1.21 bits per heavy atom. The minimum Gasteiger partial charge on any atom is -0.375 e. The lowest BCUT2D eigenvalue weighted by atomic mass is 9.74. The predicted molar refractivity (Wildman–Crippen MR) is 74.0 cm³/mol. The minimum absolute atomic E-state index is 0.221. The van der Waals surface area contributed by atoms with Crippen molar-refractivity contribution in [3.05, 3.63) is 0 Å². The molecule has 19 heavy (non-hydrogen) atoms. The highest BCUT2D eigenvalue weighted by atomic mass is 16.5. The number of hydrogen-bond acceptors (Lipinski definition) is 3. The van der Waals surface area contributed by atoms with Crippen LogP contribution in [0, 0.1) is 0 Å². The molecule has 0 radical (unpaired) electrons. The van der Waals surface area contributed by atoms with Crippen LogP contribution in [0.2, 0.25) is 0 Å². The minimum atomic E-state index is 0.221. The van der Waals surface area contributed by atoms with Crippen molar-refractivity contribution in [3.8, 4) is 0 Å². The first-order valence-electron chi connectivity index (χ1n) is 7.93. The van der Waals surface area contributed by atoms with Crippen LogP contribution in [-0.4, -0.2) is 36.7 Å². The molecule has 1 unspecified atom stereocenters. The summed E-state index contributed by atoms with van der Waals surface area (Å²) in [5.74, 6) is 0.228. The first kappa shape index (κ1) is 13.4. The van der Waals surface area contributed by atoms with Crippen LogP contribution in [0.25, 0.3) is 0 Å². The molecule has 4 nitrogen and oxygen atoms in total. The summed E-state index contributed by atoms with van der Waals surface area (Å²) in [7, 11) is 0. The van der Waals surface area contributed by atoms with E-state index in [1.165, 1.54) is 38.5 Å². The maximum atomic E-state index is 11.5. The van der Waals surface area contributed by atoms with E-state index in [0.29, 0.717) is 18.5 Å². The van der Waals surface area contributed by atoms with Crippen LogP contribution in [0.15, 0.2) is 0 Å². The maximum Gasteiger partial charge on any atom is 0.220 e. The van der Waals surface area contributed by atoms with Gasteiger partial charge in [0.25, 0.3) is 0 Å². The summed E-state index contributed by atoms with van der Waals surface area (Å²) in [6, 6.07) is 1.09. The van der Waals surface area contributed by atoms with Crippen molar-refractivity contribution in [2.75, 3.05) is 13.2 Å². The first-order chi connectivity index (χ1) is 9.26. The summed E-state index contributed by atoms with van der Waals surface area (Å²) in [6.45, 7) is 1.86. The van der Waals surface area contributed by atoms with Crippen LogP contribution in [0.3, 0.4) is 0 Å². The summed E-state index contributed by atoms with van der Waals surface area (Å²) in [5.41, 5.74) is 0.221. The van der Waals surface area contributed by atoms with Gasteiger partial charge in [-0.25, -0.2) is 0 Å². The van der Waals surface area contributed by atoms with E-state index < -0.39 is 0 Å². The Labute approximate surface area is 115 Å². The smallest absolute Gasteiger partial charge is 0.220 e. The predicted octanol–water partition coefficient (Wildman–Crippen LogP) is 1.74. The lowest BCUT2D eigenvalue weighted by Crippen LogP contribution is -2.51. The molecule has 2 saturated carbocycles. The van der Waals surface area contributed by atoms with Gasteiger partial charge in [0, 0.05) is 25.1 Å². The van der Waals surface area contributed by atoms with Gasteiger partial charge in [0.1, 0.15) is 0 Å². The van der Waals surface area contributed by atoms with Crippen molar-refractivity contribution in [3.63, 3.8) is 0 Å². The number of nitrogens with one attached hydrogen (secondary N) is 2.